The number of hydrogen-bond donors (Lipinski definition) is 1. The minimum Gasteiger partial charge on any atom is -0.369 e. The van der Waals surface area contributed by atoms with E-state index in [0.29, 0.717) is 5.92 Å². The molecule has 0 atom stereocenters. The van der Waals surface area contributed by atoms with Crippen LogP contribution in [0.5, 0.6) is 0 Å². The number of rotatable bonds is 5. The van der Waals surface area contributed by atoms with Crippen molar-refractivity contribution >= 4 is 21.7 Å². The van der Waals surface area contributed by atoms with E-state index in [1.54, 1.807) is 0 Å². The minimum atomic E-state index is 0.0384. The number of nitrogens with zero attached hydrogens (tertiary/aromatic N) is 2. The molecule has 2 aromatic rings. The summed E-state index contributed by atoms with van der Waals surface area (Å²) in [6, 6.07) is 12.5. The van der Waals surface area contributed by atoms with Crippen molar-refractivity contribution in [1.82, 2.24) is 9.97 Å². The summed E-state index contributed by atoms with van der Waals surface area (Å²) in [5.41, 5.74) is 1.35. The lowest BCUT2D eigenvalue weighted by Gasteiger charge is -2.26. The van der Waals surface area contributed by atoms with Crippen LogP contribution < -0.4 is 5.32 Å². The van der Waals surface area contributed by atoms with Crippen molar-refractivity contribution in [3.63, 3.8) is 0 Å². The highest BCUT2D eigenvalue weighted by Crippen LogP contribution is 2.24. The smallest absolute Gasteiger partial charge is 0.134 e. The van der Waals surface area contributed by atoms with Crippen LogP contribution in [0.3, 0.4) is 0 Å². The Balaban J connectivity index is 2.12. The molecule has 0 spiro atoms. The molecule has 21 heavy (non-hydrogen) atoms. The van der Waals surface area contributed by atoms with Crippen molar-refractivity contribution in [2.24, 2.45) is 0 Å². The zero-order chi connectivity index (χ0) is 15.5. The maximum absolute atomic E-state index is 4.58. The monoisotopic (exact) mass is 347 g/mol. The molecule has 0 amide bonds. The Labute approximate surface area is 135 Å². The van der Waals surface area contributed by atoms with Crippen LogP contribution in [-0.4, -0.2) is 16.5 Å². The summed E-state index contributed by atoms with van der Waals surface area (Å²) in [4.78, 5) is 8.98. The Bertz CT molecular complexity index is 594. The van der Waals surface area contributed by atoms with E-state index in [-0.39, 0.29) is 5.41 Å². The topological polar surface area (TPSA) is 37.8 Å². The molecule has 1 heterocycles. The van der Waals surface area contributed by atoms with Gasteiger partial charge in [0.2, 0.25) is 0 Å². The van der Waals surface area contributed by atoms with E-state index in [4.69, 9.17) is 0 Å². The normalized spacial score (nSPS) is 11.7. The van der Waals surface area contributed by atoms with Crippen molar-refractivity contribution in [2.45, 2.75) is 39.0 Å². The van der Waals surface area contributed by atoms with Crippen LogP contribution in [0.1, 0.15) is 45.0 Å². The number of hydrogen-bond acceptors (Lipinski definition) is 3. The lowest BCUT2D eigenvalue weighted by Crippen LogP contribution is -2.28. The molecule has 3 nitrogen and oxygen atoms in total. The zero-order valence-corrected chi connectivity index (χ0v) is 14.6. The third-order valence-corrected chi connectivity index (χ3v) is 3.90. The highest BCUT2D eigenvalue weighted by atomic mass is 79.9. The predicted octanol–water partition coefficient (Wildman–Crippen LogP) is 4.75. The largest absolute Gasteiger partial charge is 0.369 e. The van der Waals surface area contributed by atoms with Gasteiger partial charge in [0.25, 0.3) is 0 Å². The summed E-state index contributed by atoms with van der Waals surface area (Å²) in [6.07, 6.45) is 0. The van der Waals surface area contributed by atoms with Crippen molar-refractivity contribution in [3.8, 4) is 0 Å². The van der Waals surface area contributed by atoms with Gasteiger partial charge in [-0.1, -0.05) is 58.0 Å². The fourth-order valence-electron chi connectivity index (χ4n) is 2.09. The lowest BCUT2D eigenvalue weighted by molar-refractivity contribution is 0.555. The fourth-order valence-corrected chi connectivity index (χ4v) is 2.49. The number of anilines is 1. The number of halogens is 1. The SMILES string of the molecule is CC(C)c1nc(Br)cc(NCC(C)(C)c2ccccc2)n1. The summed E-state index contributed by atoms with van der Waals surface area (Å²) in [5.74, 6) is 2.03. The summed E-state index contributed by atoms with van der Waals surface area (Å²) >= 11 is 3.46. The molecule has 0 saturated heterocycles. The summed E-state index contributed by atoms with van der Waals surface area (Å²) in [7, 11) is 0. The fraction of sp³-hybridized carbons (Fsp3) is 0.412. The molecule has 0 saturated carbocycles. The van der Waals surface area contributed by atoms with E-state index in [1.807, 2.05) is 12.1 Å². The first kappa shape index (κ1) is 16.0. The highest BCUT2D eigenvalue weighted by Gasteiger charge is 2.20. The van der Waals surface area contributed by atoms with Crippen LogP contribution in [0.15, 0.2) is 41.0 Å². The van der Waals surface area contributed by atoms with Crippen LogP contribution in [-0.2, 0) is 5.41 Å². The molecule has 0 aliphatic carbocycles. The quantitative estimate of drug-likeness (QED) is 0.792. The van der Waals surface area contributed by atoms with Gasteiger partial charge in [-0.05, 0) is 21.5 Å². The van der Waals surface area contributed by atoms with Crippen LogP contribution in [0.2, 0.25) is 0 Å². The average Bonchev–Trinajstić information content (AvgIpc) is 2.45. The molecule has 0 fully saturated rings. The van der Waals surface area contributed by atoms with Gasteiger partial charge in [-0.15, -0.1) is 0 Å². The van der Waals surface area contributed by atoms with Crippen molar-refractivity contribution in [1.29, 1.82) is 0 Å². The third kappa shape index (κ3) is 4.27. The molecule has 1 aromatic heterocycles. The molecule has 0 unspecified atom stereocenters. The van der Waals surface area contributed by atoms with E-state index < -0.39 is 0 Å². The second-order valence-corrected chi connectivity index (χ2v) is 7.00. The van der Waals surface area contributed by atoms with Gasteiger partial charge in [-0.2, -0.15) is 0 Å². The van der Waals surface area contributed by atoms with Gasteiger partial charge in [0, 0.05) is 23.9 Å². The molecule has 112 valence electrons. The third-order valence-electron chi connectivity index (χ3n) is 3.50. The Morgan fingerprint density at radius 3 is 2.43 bits per heavy atom. The molecular weight excluding hydrogens is 326 g/mol. The summed E-state index contributed by atoms with van der Waals surface area (Å²) in [5, 5.41) is 3.44. The van der Waals surface area contributed by atoms with Crippen molar-refractivity contribution in [3.05, 3.63) is 52.4 Å². The van der Waals surface area contributed by atoms with Crippen molar-refractivity contribution < 1.29 is 0 Å². The van der Waals surface area contributed by atoms with Crippen LogP contribution in [0, 0.1) is 0 Å². The van der Waals surface area contributed by atoms with Crippen LogP contribution in [0.4, 0.5) is 5.82 Å². The molecule has 0 radical (unpaired) electrons. The predicted molar refractivity (Wildman–Crippen MR) is 91.8 cm³/mol. The Kier molecular flexibility index (Phi) is 4.99. The van der Waals surface area contributed by atoms with E-state index in [9.17, 15) is 0 Å². The maximum atomic E-state index is 4.58. The molecule has 1 aromatic carbocycles. The van der Waals surface area contributed by atoms with Gasteiger partial charge in [-0.3, -0.25) is 0 Å². The number of benzene rings is 1. The average molecular weight is 348 g/mol. The summed E-state index contributed by atoms with van der Waals surface area (Å²) in [6.45, 7) is 9.47. The maximum Gasteiger partial charge on any atom is 0.134 e. The molecule has 1 N–H and O–H groups in total. The standard InChI is InChI=1S/C17H22BrN3/c1-12(2)16-20-14(18)10-15(21-16)19-11-17(3,4)13-8-6-5-7-9-13/h5-10,12H,11H2,1-4H3,(H,19,20,21). The molecule has 0 aliphatic heterocycles. The second-order valence-electron chi connectivity index (χ2n) is 6.19. The van der Waals surface area contributed by atoms with Gasteiger partial charge < -0.3 is 5.32 Å². The molecule has 2 rings (SSSR count). The number of aromatic nitrogens is 2. The first-order valence-electron chi connectivity index (χ1n) is 7.22. The van der Waals surface area contributed by atoms with Crippen LogP contribution >= 0.6 is 15.9 Å². The highest BCUT2D eigenvalue weighted by molar-refractivity contribution is 9.10. The molecule has 0 aliphatic rings. The molecular formula is C17H22BrN3. The second kappa shape index (κ2) is 6.56. The number of nitrogens with one attached hydrogen (secondary N) is 1. The van der Waals surface area contributed by atoms with Crippen LogP contribution in [0.25, 0.3) is 0 Å². The Morgan fingerprint density at radius 1 is 1.14 bits per heavy atom. The zero-order valence-electron chi connectivity index (χ0n) is 13.0. The van der Waals surface area contributed by atoms with Gasteiger partial charge in [0.15, 0.2) is 0 Å². The van der Waals surface area contributed by atoms with Gasteiger partial charge >= 0.3 is 0 Å². The van der Waals surface area contributed by atoms with Crippen molar-refractivity contribution in [2.75, 3.05) is 11.9 Å². The lowest BCUT2D eigenvalue weighted by atomic mass is 9.85. The first-order valence-corrected chi connectivity index (χ1v) is 8.01. The van der Waals surface area contributed by atoms with E-state index in [2.05, 4.69) is 83.2 Å². The van der Waals surface area contributed by atoms with E-state index in [0.717, 1.165) is 22.8 Å². The van der Waals surface area contributed by atoms with E-state index >= 15 is 0 Å². The first-order chi connectivity index (χ1) is 9.88. The Morgan fingerprint density at radius 2 is 1.81 bits per heavy atom. The summed E-state index contributed by atoms with van der Waals surface area (Å²) < 4.78 is 0.821. The Hall–Kier alpha value is -1.42. The van der Waals surface area contributed by atoms with Gasteiger partial charge in [-0.25, -0.2) is 9.97 Å². The molecule has 4 heteroatoms. The van der Waals surface area contributed by atoms with E-state index in [1.165, 1.54) is 5.56 Å². The van der Waals surface area contributed by atoms with Gasteiger partial charge in [0.1, 0.15) is 16.2 Å². The van der Waals surface area contributed by atoms with Gasteiger partial charge in [0.05, 0.1) is 0 Å². The minimum absolute atomic E-state index is 0.0384. The molecule has 0 bridgehead atoms.